The van der Waals surface area contributed by atoms with Crippen molar-refractivity contribution in [3.63, 3.8) is 0 Å². The van der Waals surface area contributed by atoms with Gasteiger partial charge in [-0.3, -0.25) is 25.0 Å². The van der Waals surface area contributed by atoms with E-state index in [4.69, 9.17) is 9.47 Å². The SMILES string of the molecule is COc1cc(Sc2ccc(OC(C)=O)cc2[N+](=O)[O-])ccc1[N+](=O)[O-]. The Hall–Kier alpha value is -3.14. The molecular weight excluding hydrogens is 352 g/mol. The minimum Gasteiger partial charge on any atom is -0.490 e. The van der Waals surface area contributed by atoms with E-state index in [1.807, 2.05) is 0 Å². The standard InChI is InChI=1S/C15H12N2O7S/c1-9(18)24-10-3-6-15(13(7-10)17(21)22)25-11-4-5-12(16(19)20)14(8-11)23-2/h3-8H,1-2H3. The highest BCUT2D eigenvalue weighted by molar-refractivity contribution is 7.99. The molecule has 130 valence electrons. The van der Waals surface area contributed by atoms with Gasteiger partial charge in [0.2, 0.25) is 0 Å². The number of methoxy groups -OCH3 is 1. The second kappa shape index (κ2) is 7.62. The molecule has 0 atom stereocenters. The highest BCUT2D eigenvalue weighted by Crippen LogP contribution is 2.39. The number of nitrogens with zero attached hydrogens (tertiary/aromatic N) is 2. The largest absolute Gasteiger partial charge is 0.490 e. The topological polar surface area (TPSA) is 122 Å². The van der Waals surface area contributed by atoms with Crippen LogP contribution in [0, 0.1) is 20.2 Å². The van der Waals surface area contributed by atoms with Crippen LogP contribution in [0.25, 0.3) is 0 Å². The maximum absolute atomic E-state index is 11.3. The first kappa shape index (κ1) is 18.2. The summed E-state index contributed by atoms with van der Waals surface area (Å²) in [5, 5.41) is 22.2. The van der Waals surface area contributed by atoms with E-state index in [1.165, 1.54) is 44.4 Å². The summed E-state index contributed by atoms with van der Waals surface area (Å²) in [5.74, 6) is -0.478. The van der Waals surface area contributed by atoms with E-state index in [1.54, 1.807) is 0 Å². The molecule has 0 heterocycles. The van der Waals surface area contributed by atoms with Crippen LogP contribution in [0.2, 0.25) is 0 Å². The number of ether oxygens (including phenoxy) is 2. The van der Waals surface area contributed by atoms with E-state index in [-0.39, 0.29) is 27.8 Å². The lowest BCUT2D eigenvalue weighted by Crippen LogP contribution is -2.02. The first-order valence-corrected chi connectivity index (χ1v) is 7.60. The van der Waals surface area contributed by atoms with E-state index in [0.29, 0.717) is 4.90 Å². The van der Waals surface area contributed by atoms with Crippen molar-refractivity contribution in [1.82, 2.24) is 0 Å². The van der Waals surface area contributed by atoms with Crippen LogP contribution in [0.15, 0.2) is 46.2 Å². The van der Waals surface area contributed by atoms with Gasteiger partial charge < -0.3 is 9.47 Å². The van der Waals surface area contributed by atoms with Crippen molar-refractivity contribution in [2.45, 2.75) is 16.7 Å². The lowest BCUT2D eigenvalue weighted by Gasteiger charge is -2.07. The molecule has 2 rings (SSSR count). The molecule has 0 fully saturated rings. The van der Waals surface area contributed by atoms with Gasteiger partial charge in [0.25, 0.3) is 5.69 Å². The molecule has 0 aromatic heterocycles. The van der Waals surface area contributed by atoms with Gasteiger partial charge in [0.15, 0.2) is 5.75 Å². The third kappa shape index (κ3) is 4.44. The molecule has 0 saturated carbocycles. The molecule has 0 aliphatic heterocycles. The number of carbonyl (C=O) groups is 1. The number of nitro benzene ring substituents is 2. The second-order valence-electron chi connectivity index (χ2n) is 4.67. The molecule has 0 spiro atoms. The highest BCUT2D eigenvalue weighted by Gasteiger charge is 2.19. The highest BCUT2D eigenvalue weighted by atomic mass is 32.2. The molecule has 25 heavy (non-hydrogen) atoms. The predicted octanol–water partition coefficient (Wildman–Crippen LogP) is 3.59. The maximum Gasteiger partial charge on any atom is 0.310 e. The summed E-state index contributed by atoms with van der Waals surface area (Å²) in [4.78, 5) is 32.8. The van der Waals surface area contributed by atoms with E-state index < -0.39 is 15.8 Å². The van der Waals surface area contributed by atoms with Gasteiger partial charge in [-0.2, -0.15) is 0 Å². The maximum atomic E-state index is 11.3. The predicted molar refractivity (Wildman–Crippen MR) is 88.2 cm³/mol. The summed E-state index contributed by atoms with van der Waals surface area (Å²) in [6.45, 7) is 1.19. The van der Waals surface area contributed by atoms with E-state index in [9.17, 15) is 25.0 Å². The third-order valence-corrected chi connectivity index (χ3v) is 4.02. The number of carbonyl (C=O) groups excluding carboxylic acids is 1. The van der Waals surface area contributed by atoms with Crippen molar-refractivity contribution in [2.75, 3.05) is 7.11 Å². The monoisotopic (exact) mass is 364 g/mol. The third-order valence-electron chi connectivity index (χ3n) is 2.96. The summed E-state index contributed by atoms with van der Waals surface area (Å²) in [5.41, 5.74) is -0.451. The van der Waals surface area contributed by atoms with Crippen molar-refractivity contribution in [3.05, 3.63) is 56.6 Å². The van der Waals surface area contributed by atoms with Crippen molar-refractivity contribution in [3.8, 4) is 11.5 Å². The van der Waals surface area contributed by atoms with Gasteiger partial charge in [0.05, 0.1) is 27.9 Å². The van der Waals surface area contributed by atoms with Crippen LogP contribution < -0.4 is 9.47 Å². The van der Waals surface area contributed by atoms with Gasteiger partial charge >= 0.3 is 11.7 Å². The fraction of sp³-hybridized carbons (Fsp3) is 0.133. The average molecular weight is 364 g/mol. The lowest BCUT2D eigenvalue weighted by atomic mass is 10.3. The zero-order valence-electron chi connectivity index (χ0n) is 13.1. The van der Waals surface area contributed by atoms with Crippen molar-refractivity contribution in [1.29, 1.82) is 0 Å². The fourth-order valence-electron chi connectivity index (χ4n) is 1.95. The summed E-state index contributed by atoms with van der Waals surface area (Å²) >= 11 is 1.04. The Kier molecular flexibility index (Phi) is 5.55. The van der Waals surface area contributed by atoms with Crippen LogP contribution in [0.3, 0.4) is 0 Å². The van der Waals surface area contributed by atoms with Gasteiger partial charge in [-0.1, -0.05) is 11.8 Å². The molecule has 0 radical (unpaired) electrons. The molecule has 0 aliphatic rings. The zero-order valence-corrected chi connectivity index (χ0v) is 13.9. The Morgan fingerprint density at radius 3 is 2.28 bits per heavy atom. The Bertz CT molecular complexity index is 854. The molecular formula is C15H12N2O7S. The summed E-state index contributed by atoms with van der Waals surface area (Å²) in [6, 6.07) is 8.17. The van der Waals surface area contributed by atoms with Gasteiger partial charge in [0, 0.05) is 24.0 Å². The summed E-state index contributed by atoms with van der Waals surface area (Å²) in [7, 11) is 1.30. The lowest BCUT2D eigenvalue weighted by molar-refractivity contribution is -0.387. The van der Waals surface area contributed by atoms with Crippen molar-refractivity contribution in [2.24, 2.45) is 0 Å². The Labute approximate surface area is 145 Å². The molecule has 0 unspecified atom stereocenters. The van der Waals surface area contributed by atoms with Gasteiger partial charge in [-0.05, 0) is 18.2 Å². The zero-order chi connectivity index (χ0) is 18.6. The summed E-state index contributed by atoms with van der Waals surface area (Å²) < 4.78 is 9.82. The smallest absolute Gasteiger partial charge is 0.310 e. The molecule has 9 nitrogen and oxygen atoms in total. The van der Waals surface area contributed by atoms with Gasteiger partial charge in [-0.15, -0.1) is 0 Å². The molecule has 0 amide bonds. The van der Waals surface area contributed by atoms with Crippen LogP contribution >= 0.6 is 11.8 Å². The number of hydrogen-bond acceptors (Lipinski definition) is 8. The Morgan fingerprint density at radius 1 is 1.04 bits per heavy atom. The molecule has 2 aromatic rings. The quantitative estimate of drug-likeness (QED) is 0.330. The molecule has 0 aliphatic carbocycles. The van der Waals surface area contributed by atoms with E-state index in [2.05, 4.69) is 0 Å². The molecule has 2 aromatic carbocycles. The number of esters is 1. The number of nitro groups is 2. The fourth-order valence-corrected chi connectivity index (χ4v) is 2.88. The number of rotatable bonds is 6. The first-order chi connectivity index (χ1) is 11.8. The normalized spacial score (nSPS) is 10.2. The summed E-state index contributed by atoms with van der Waals surface area (Å²) in [6.07, 6.45) is 0. The van der Waals surface area contributed by atoms with E-state index >= 15 is 0 Å². The second-order valence-corrected chi connectivity index (χ2v) is 5.79. The minimum atomic E-state index is -0.599. The van der Waals surface area contributed by atoms with Crippen molar-refractivity contribution >= 4 is 29.1 Å². The van der Waals surface area contributed by atoms with Crippen LogP contribution in [0.4, 0.5) is 11.4 Å². The molecule has 0 bridgehead atoms. The van der Waals surface area contributed by atoms with Crippen LogP contribution in [-0.2, 0) is 4.79 Å². The Morgan fingerprint density at radius 2 is 1.72 bits per heavy atom. The first-order valence-electron chi connectivity index (χ1n) is 6.79. The van der Waals surface area contributed by atoms with Gasteiger partial charge in [-0.25, -0.2) is 0 Å². The van der Waals surface area contributed by atoms with Crippen LogP contribution in [-0.4, -0.2) is 22.9 Å². The van der Waals surface area contributed by atoms with Gasteiger partial charge in [0.1, 0.15) is 5.75 Å². The van der Waals surface area contributed by atoms with Crippen molar-refractivity contribution < 1.29 is 24.1 Å². The molecule has 0 N–H and O–H groups in total. The minimum absolute atomic E-state index is 0.0502. The average Bonchev–Trinajstić information content (AvgIpc) is 2.55. The number of benzene rings is 2. The van der Waals surface area contributed by atoms with Crippen LogP contribution in [0.5, 0.6) is 11.5 Å². The van der Waals surface area contributed by atoms with Crippen LogP contribution in [0.1, 0.15) is 6.92 Å². The number of hydrogen-bond donors (Lipinski definition) is 0. The Balaban J connectivity index is 2.38. The van der Waals surface area contributed by atoms with E-state index in [0.717, 1.165) is 17.8 Å². The molecule has 0 saturated heterocycles. The molecule has 10 heteroatoms.